The molecule has 3 rings (SSSR count). The number of aromatic nitrogens is 4. The van der Waals surface area contributed by atoms with Gasteiger partial charge in [-0.25, -0.2) is 14.6 Å². The number of rotatable bonds is 4. The zero-order valence-corrected chi connectivity index (χ0v) is 13.5. The van der Waals surface area contributed by atoms with Crippen molar-refractivity contribution in [2.75, 3.05) is 5.73 Å². The van der Waals surface area contributed by atoms with Crippen LogP contribution in [0.2, 0.25) is 0 Å². The molecule has 1 amide bonds. The topological polar surface area (TPSA) is 123 Å². The van der Waals surface area contributed by atoms with Gasteiger partial charge < -0.3 is 11.1 Å². The van der Waals surface area contributed by atoms with E-state index in [2.05, 4.69) is 20.4 Å². The Morgan fingerprint density at radius 2 is 2.12 bits per heavy atom. The molecule has 0 fully saturated rings. The molecular weight excluding hydrogens is 318 g/mol. The zero-order chi connectivity index (χ0) is 17.8. The molecule has 25 heavy (non-hydrogen) atoms. The average molecular weight is 333 g/mol. The van der Waals surface area contributed by atoms with Gasteiger partial charge in [-0.1, -0.05) is 36.4 Å². The van der Waals surface area contributed by atoms with Crippen molar-refractivity contribution in [1.29, 1.82) is 5.26 Å². The average Bonchev–Trinajstić information content (AvgIpc) is 3.02. The van der Waals surface area contributed by atoms with Gasteiger partial charge in [0.1, 0.15) is 36.2 Å². The van der Waals surface area contributed by atoms with Gasteiger partial charge in [-0.05, 0) is 6.92 Å². The second-order valence-electron chi connectivity index (χ2n) is 5.15. The summed E-state index contributed by atoms with van der Waals surface area (Å²) in [7, 11) is 0. The van der Waals surface area contributed by atoms with Crippen LogP contribution in [0.3, 0.4) is 0 Å². The Balaban J connectivity index is 2.02. The SMILES string of the molecule is C/C=C(\C#N)C(=O)NCn1nc(-c2ccccc2)c2c(N)ncnc21. The van der Waals surface area contributed by atoms with Gasteiger partial charge in [0.25, 0.3) is 5.91 Å². The molecule has 3 N–H and O–H groups in total. The number of hydrogen-bond donors (Lipinski definition) is 2. The lowest BCUT2D eigenvalue weighted by molar-refractivity contribution is -0.117. The number of carbonyl (C=O) groups excluding carboxylic acids is 1. The molecule has 0 atom stereocenters. The molecule has 3 aromatic rings. The summed E-state index contributed by atoms with van der Waals surface area (Å²) in [4.78, 5) is 20.2. The van der Waals surface area contributed by atoms with Crippen LogP contribution in [0.4, 0.5) is 5.82 Å². The maximum absolute atomic E-state index is 12.0. The first-order valence-electron chi connectivity index (χ1n) is 7.52. The van der Waals surface area contributed by atoms with E-state index in [1.807, 2.05) is 36.4 Å². The van der Waals surface area contributed by atoms with E-state index in [9.17, 15) is 4.79 Å². The third-order valence-electron chi connectivity index (χ3n) is 3.65. The lowest BCUT2D eigenvalue weighted by Crippen LogP contribution is -2.27. The van der Waals surface area contributed by atoms with E-state index in [1.54, 1.807) is 6.92 Å². The first kappa shape index (κ1) is 16.1. The lowest BCUT2D eigenvalue weighted by atomic mass is 10.1. The van der Waals surface area contributed by atoms with Crippen LogP contribution in [0.5, 0.6) is 0 Å². The van der Waals surface area contributed by atoms with Crippen LogP contribution in [-0.4, -0.2) is 25.7 Å². The van der Waals surface area contributed by atoms with Gasteiger partial charge in [0.15, 0.2) is 5.65 Å². The van der Waals surface area contributed by atoms with Gasteiger partial charge in [-0.3, -0.25) is 4.79 Å². The van der Waals surface area contributed by atoms with Crippen molar-refractivity contribution >= 4 is 22.8 Å². The maximum Gasteiger partial charge on any atom is 0.263 e. The number of nitrogens with zero attached hydrogens (tertiary/aromatic N) is 5. The first-order valence-corrected chi connectivity index (χ1v) is 7.52. The number of benzene rings is 1. The molecule has 8 heteroatoms. The van der Waals surface area contributed by atoms with E-state index in [0.29, 0.717) is 22.5 Å². The van der Waals surface area contributed by atoms with Crippen LogP contribution in [-0.2, 0) is 11.5 Å². The molecule has 1 aromatic carbocycles. The highest BCUT2D eigenvalue weighted by Gasteiger charge is 2.17. The van der Waals surface area contributed by atoms with E-state index in [4.69, 9.17) is 11.0 Å². The lowest BCUT2D eigenvalue weighted by Gasteiger charge is -2.05. The van der Waals surface area contributed by atoms with Crippen molar-refractivity contribution in [3.63, 3.8) is 0 Å². The fraction of sp³-hybridized carbons (Fsp3) is 0.118. The molecule has 0 saturated heterocycles. The summed E-state index contributed by atoms with van der Waals surface area (Å²) in [6.45, 7) is 1.68. The Kier molecular flexibility index (Phi) is 4.39. The van der Waals surface area contributed by atoms with Gasteiger partial charge in [0.05, 0.1) is 5.39 Å². The number of carbonyl (C=O) groups is 1. The minimum Gasteiger partial charge on any atom is -0.383 e. The van der Waals surface area contributed by atoms with Gasteiger partial charge in [0, 0.05) is 5.56 Å². The molecule has 124 valence electrons. The van der Waals surface area contributed by atoms with Crippen LogP contribution in [0.25, 0.3) is 22.3 Å². The Morgan fingerprint density at radius 3 is 2.80 bits per heavy atom. The predicted molar refractivity (Wildman–Crippen MR) is 92.7 cm³/mol. The molecule has 0 aliphatic carbocycles. The van der Waals surface area contributed by atoms with Crippen molar-refractivity contribution in [1.82, 2.24) is 25.1 Å². The molecule has 8 nitrogen and oxygen atoms in total. The van der Waals surface area contributed by atoms with E-state index in [0.717, 1.165) is 5.56 Å². The summed E-state index contributed by atoms with van der Waals surface area (Å²) < 4.78 is 1.53. The maximum atomic E-state index is 12.0. The van der Waals surface area contributed by atoms with Crippen molar-refractivity contribution in [2.45, 2.75) is 13.6 Å². The number of hydrogen-bond acceptors (Lipinski definition) is 6. The Bertz CT molecular complexity index is 999. The summed E-state index contributed by atoms with van der Waals surface area (Å²) in [5.74, 6) is -0.162. The summed E-state index contributed by atoms with van der Waals surface area (Å²) in [5.41, 5.74) is 8.05. The monoisotopic (exact) mass is 333 g/mol. The minimum atomic E-state index is -0.475. The van der Waals surface area contributed by atoms with Crippen molar-refractivity contribution in [3.8, 4) is 17.3 Å². The molecule has 2 heterocycles. The third kappa shape index (κ3) is 3.03. The number of allylic oxidation sites excluding steroid dienone is 1. The zero-order valence-electron chi connectivity index (χ0n) is 13.5. The normalized spacial score (nSPS) is 11.3. The number of nitrogens with two attached hydrogens (primary N) is 1. The molecule has 0 bridgehead atoms. The Morgan fingerprint density at radius 1 is 1.36 bits per heavy atom. The molecule has 2 aromatic heterocycles. The van der Waals surface area contributed by atoms with Crippen LogP contribution in [0, 0.1) is 11.3 Å². The van der Waals surface area contributed by atoms with E-state index < -0.39 is 5.91 Å². The second kappa shape index (κ2) is 6.80. The summed E-state index contributed by atoms with van der Waals surface area (Å²) in [5, 5.41) is 16.7. The van der Waals surface area contributed by atoms with Gasteiger partial charge in [0.2, 0.25) is 0 Å². The summed E-state index contributed by atoms with van der Waals surface area (Å²) >= 11 is 0. The van der Waals surface area contributed by atoms with Crippen molar-refractivity contribution < 1.29 is 4.79 Å². The fourth-order valence-corrected chi connectivity index (χ4v) is 2.43. The number of amides is 1. The quantitative estimate of drug-likeness (QED) is 0.552. The number of anilines is 1. The molecule has 0 aliphatic rings. The van der Waals surface area contributed by atoms with Crippen LogP contribution < -0.4 is 11.1 Å². The van der Waals surface area contributed by atoms with E-state index in [-0.39, 0.29) is 12.2 Å². The predicted octanol–water partition coefficient (Wildman–Crippen LogP) is 1.62. The second-order valence-corrected chi connectivity index (χ2v) is 5.15. The number of fused-ring (bicyclic) bond motifs is 1. The fourth-order valence-electron chi connectivity index (χ4n) is 2.43. The van der Waals surface area contributed by atoms with Crippen molar-refractivity contribution in [2.24, 2.45) is 0 Å². The van der Waals surface area contributed by atoms with E-state index in [1.165, 1.54) is 17.1 Å². The van der Waals surface area contributed by atoms with Gasteiger partial charge >= 0.3 is 0 Å². The highest BCUT2D eigenvalue weighted by Crippen LogP contribution is 2.29. The van der Waals surface area contributed by atoms with Crippen molar-refractivity contribution in [3.05, 3.63) is 48.3 Å². The van der Waals surface area contributed by atoms with Gasteiger partial charge in [-0.15, -0.1) is 0 Å². The standard InChI is InChI=1S/C17H15N7O/c1-2-11(8-18)17(25)22-10-24-16-13(15(19)20-9-21-16)14(23-24)12-6-4-3-5-7-12/h2-7,9H,10H2,1H3,(H,22,25)(H2,19,20,21)/b11-2+. The molecule has 0 spiro atoms. The molecule has 0 aliphatic heterocycles. The number of nitrogen functional groups attached to an aromatic ring is 1. The number of nitrogens with one attached hydrogen (secondary N) is 1. The van der Waals surface area contributed by atoms with Crippen LogP contribution in [0.15, 0.2) is 48.3 Å². The number of nitriles is 1. The smallest absolute Gasteiger partial charge is 0.263 e. The Labute approximate surface area is 143 Å². The highest BCUT2D eigenvalue weighted by atomic mass is 16.1. The molecule has 0 unspecified atom stereocenters. The summed E-state index contributed by atoms with van der Waals surface area (Å²) in [6.07, 6.45) is 2.80. The molecule has 0 radical (unpaired) electrons. The largest absolute Gasteiger partial charge is 0.383 e. The Hall–Kier alpha value is -3.73. The first-order chi connectivity index (χ1) is 12.2. The summed E-state index contributed by atoms with van der Waals surface area (Å²) in [6, 6.07) is 11.4. The van der Waals surface area contributed by atoms with Gasteiger partial charge in [-0.2, -0.15) is 10.4 Å². The molecular formula is C17H15N7O. The third-order valence-corrected chi connectivity index (χ3v) is 3.65. The highest BCUT2D eigenvalue weighted by molar-refractivity contribution is 5.99. The van der Waals surface area contributed by atoms with Crippen LogP contribution >= 0.6 is 0 Å². The van der Waals surface area contributed by atoms with E-state index >= 15 is 0 Å². The minimum absolute atomic E-state index is 0.0360. The van der Waals surface area contributed by atoms with Crippen LogP contribution in [0.1, 0.15) is 6.92 Å². The molecule has 0 saturated carbocycles.